The predicted octanol–water partition coefficient (Wildman–Crippen LogP) is 0.854. The lowest BCUT2D eigenvalue weighted by atomic mass is 10.2. The van der Waals surface area contributed by atoms with Crippen molar-refractivity contribution in [1.29, 1.82) is 0 Å². The molecule has 23 heavy (non-hydrogen) atoms. The number of para-hydroxylation sites is 1. The van der Waals surface area contributed by atoms with Gasteiger partial charge in [-0.25, -0.2) is 0 Å². The van der Waals surface area contributed by atoms with Crippen LogP contribution in [-0.2, 0) is 20.9 Å². The van der Waals surface area contributed by atoms with E-state index in [1.165, 1.54) is 13.3 Å². The van der Waals surface area contributed by atoms with Crippen molar-refractivity contribution in [2.24, 2.45) is 0 Å². The first-order chi connectivity index (χ1) is 11.0. The van der Waals surface area contributed by atoms with E-state index in [4.69, 9.17) is 0 Å². The molecule has 1 aromatic heterocycles. The van der Waals surface area contributed by atoms with Crippen LogP contribution in [0.15, 0.2) is 35.3 Å². The summed E-state index contributed by atoms with van der Waals surface area (Å²) in [4.78, 5) is 34.8. The van der Waals surface area contributed by atoms with Gasteiger partial charge in [0.15, 0.2) is 0 Å². The normalized spacial score (nSPS) is 11.9. The molecule has 0 aliphatic heterocycles. The third kappa shape index (κ3) is 4.38. The largest absolute Gasteiger partial charge is 0.469 e. The second-order valence-electron chi connectivity index (χ2n) is 5.25. The van der Waals surface area contributed by atoms with E-state index >= 15 is 0 Å². The number of nitrogens with zero attached hydrogens (tertiary/aromatic N) is 2. The highest BCUT2D eigenvalue weighted by Gasteiger charge is 2.12. The molecule has 7 nitrogen and oxygen atoms in total. The number of amides is 1. The van der Waals surface area contributed by atoms with Gasteiger partial charge < -0.3 is 10.1 Å². The molecule has 0 aliphatic carbocycles. The van der Waals surface area contributed by atoms with Gasteiger partial charge in [-0.3, -0.25) is 19.1 Å². The number of ether oxygens (including phenoxy) is 1. The third-order valence-corrected chi connectivity index (χ3v) is 3.42. The van der Waals surface area contributed by atoms with Crippen LogP contribution in [0.4, 0.5) is 0 Å². The zero-order valence-electron chi connectivity index (χ0n) is 13.1. The molecular weight excluding hydrogens is 298 g/mol. The van der Waals surface area contributed by atoms with Crippen LogP contribution in [0.3, 0.4) is 0 Å². The Kier molecular flexibility index (Phi) is 5.46. The second kappa shape index (κ2) is 7.53. The quantitative estimate of drug-likeness (QED) is 0.798. The van der Waals surface area contributed by atoms with Crippen molar-refractivity contribution < 1.29 is 14.3 Å². The summed E-state index contributed by atoms with van der Waals surface area (Å²) in [6.07, 6.45) is 1.58. The topological polar surface area (TPSA) is 90.3 Å². The molecule has 0 aliphatic rings. The lowest BCUT2D eigenvalue weighted by molar-refractivity contribution is -0.141. The van der Waals surface area contributed by atoms with Crippen LogP contribution in [0.25, 0.3) is 10.9 Å². The van der Waals surface area contributed by atoms with Crippen molar-refractivity contribution in [3.8, 4) is 0 Å². The number of carbonyl (C=O) groups excluding carboxylic acids is 2. The fourth-order valence-electron chi connectivity index (χ4n) is 2.28. The van der Waals surface area contributed by atoms with Crippen LogP contribution in [0.1, 0.15) is 19.8 Å². The second-order valence-corrected chi connectivity index (χ2v) is 5.25. The van der Waals surface area contributed by atoms with Gasteiger partial charge in [-0.05, 0) is 19.1 Å². The fraction of sp³-hybridized carbons (Fsp3) is 0.375. The minimum atomic E-state index is -0.370. The average molecular weight is 317 g/mol. The van der Waals surface area contributed by atoms with Crippen LogP contribution in [-0.4, -0.2) is 34.8 Å². The Morgan fingerprint density at radius 2 is 2.09 bits per heavy atom. The summed E-state index contributed by atoms with van der Waals surface area (Å²) in [6, 6.07) is 6.83. The van der Waals surface area contributed by atoms with Gasteiger partial charge in [-0.2, -0.15) is 5.10 Å². The highest BCUT2D eigenvalue weighted by molar-refractivity contribution is 5.79. The van der Waals surface area contributed by atoms with E-state index < -0.39 is 0 Å². The fourth-order valence-corrected chi connectivity index (χ4v) is 2.28. The molecule has 0 saturated heterocycles. The van der Waals surface area contributed by atoms with Crippen LogP contribution >= 0.6 is 0 Å². The van der Waals surface area contributed by atoms with Crippen molar-refractivity contribution in [3.63, 3.8) is 0 Å². The summed E-state index contributed by atoms with van der Waals surface area (Å²) in [5.74, 6) is -0.558. The Hall–Kier alpha value is -2.70. The van der Waals surface area contributed by atoms with E-state index in [1.807, 2.05) is 6.07 Å². The minimum absolute atomic E-state index is 0.126. The third-order valence-electron chi connectivity index (χ3n) is 3.42. The van der Waals surface area contributed by atoms with E-state index in [0.717, 1.165) is 0 Å². The Balaban J connectivity index is 1.99. The number of esters is 1. The van der Waals surface area contributed by atoms with Crippen molar-refractivity contribution in [2.45, 2.75) is 32.4 Å². The maximum absolute atomic E-state index is 11.9. The molecule has 2 rings (SSSR count). The summed E-state index contributed by atoms with van der Waals surface area (Å²) in [7, 11) is 1.31. The number of hydrogen-bond acceptors (Lipinski definition) is 5. The summed E-state index contributed by atoms with van der Waals surface area (Å²) >= 11 is 0. The number of aromatic nitrogens is 2. The molecule has 0 spiro atoms. The summed E-state index contributed by atoms with van der Waals surface area (Å²) in [5.41, 5.74) is 0.545. The van der Waals surface area contributed by atoms with Crippen LogP contribution < -0.4 is 10.7 Å². The Morgan fingerprint density at radius 1 is 1.35 bits per heavy atom. The average Bonchev–Trinajstić information content (AvgIpc) is 2.54. The first kappa shape index (κ1) is 16.7. The number of rotatable bonds is 6. The van der Waals surface area contributed by atoms with Gasteiger partial charge in [-0.1, -0.05) is 12.1 Å². The van der Waals surface area contributed by atoms with Crippen LogP contribution in [0, 0.1) is 0 Å². The van der Waals surface area contributed by atoms with E-state index in [-0.39, 0.29) is 36.2 Å². The van der Waals surface area contributed by atoms with E-state index in [2.05, 4.69) is 15.2 Å². The van der Waals surface area contributed by atoms with Crippen LogP contribution in [0.5, 0.6) is 0 Å². The molecular formula is C16H19N3O4. The molecule has 1 heterocycles. The SMILES string of the molecule is COC(=O)CC(C)NC(=O)CCn1ncc(=O)c2ccccc21. The van der Waals surface area contributed by atoms with Gasteiger partial charge in [0.25, 0.3) is 0 Å². The smallest absolute Gasteiger partial charge is 0.307 e. The molecule has 1 amide bonds. The molecule has 1 atom stereocenters. The molecule has 0 fully saturated rings. The zero-order valence-corrected chi connectivity index (χ0v) is 13.1. The summed E-state index contributed by atoms with van der Waals surface area (Å²) in [5, 5.41) is 7.37. The maximum Gasteiger partial charge on any atom is 0.307 e. The standard InChI is InChI=1S/C16H19N3O4/c1-11(9-16(22)23-2)18-15(21)7-8-19-13-6-4-3-5-12(13)14(20)10-17-19/h3-6,10-11H,7-9H2,1-2H3,(H,18,21). The molecule has 0 saturated carbocycles. The zero-order chi connectivity index (χ0) is 16.8. The Labute approximate surface area is 133 Å². The van der Waals surface area contributed by atoms with Crippen LogP contribution in [0.2, 0.25) is 0 Å². The molecule has 122 valence electrons. The number of methoxy groups -OCH3 is 1. The monoisotopic (exact) mass is 317 g/mol. The van der Waals surface area contributed by atoms with Gasteiger partial charge in [-0.15, -0.1) is 0 Å². The van der Waals surface area contributed by atoms with Crippen molar-refractivity contribution in [3.05, 3.63) is 40.7 Å². The van der Waals surface area contributed by atoms with Crippen molar-refractivity contribution in [2.75, 3.05) is 7.11 Å². The van der Waals surface area contributed by atoms with Gasteiger partial charge >= 0.3 is 5.97 Å². The molecule has 1 N–H and O–H groups in total. The number of carbonyl (C=O) groups is 2. The number of aryl methyl sites for hydroxylation is 1. The van der Waals surface area contributed by atoms with Gasteiger partial charge in [0.1, 0.15) is 0 Å². The molecule has 0 bridgehead atoms. The number of nitrogens with one attached hydrogen (secondary N) is 1. The molecule has 7 heteroatoms. The summed E-state index contributed by atoms with van der Waals surface area (Å²) in [6.45, 7) is 2.08. The molecule has 0 radical (unpaired) electrons. The number of hydrogen-bond donors (Lipinski definition) is 1. The first-order valence-electron chi connectivity index (χ1n) is 7.32. The maximum atomic E-state index is 11.9. The Bertz CT molecular complexity index is 769. The molecule has 2 aromatic rings. The molecule has 1 unspecified atom stereocenters. The van der Waals surface area contributed by atoms with E-state index in [9.17, 15) is 14.4 Å². The highest BCUT2D eigenvalue weighted by atomic mass is 16.5. The van der Waals surface area contributed by atoms with E-state index in [0.29, 0.717) is 17.4 Å². The highest BCUT2D eigenvalue weighted by Crippen LogP contribution is 2.08. The van der Waals surface area contributed by atoms with Gasteiger partial charge in [0.2, 0.25) is 11.3 Å². The van der Waals surface area contributed by atoms with Gasteiger partial charge in [0, 0.05) is 17.8 Å². The predicted molar refractivity (Wildman–Crippen MR) is 84.9 cm³/mol. The number of fused-ring (bicyclic) bond motifs is 1. The Morgan fingerprint density at radius 3 is 2.83 bits per heavy atom. The minimum Gasteiger partial charge on any atom is -0.469 e. The van der Waals surface area contributed by atoms with Gasteiger partial charge in [0.05, 0.1) is 31.8 Å². The number of benzene rings is 1. The molecule has 1 aromatic carbocycles. The summed E-state index contributed by atoms with van der Waals surface area (Å²) < 4.78 is 6.18. The van der Waals surface area contributed by atoms with Crippen molar-refractivity contribution in [1.82, 2.24) is 15.1 Å². The lowest BCUT2D eigenvalue weighted by Gasteiger charge is -2.13. The first-order valence-corrected chi connectivity index (χ1v) is 7.32. The van der Waals surface area contributed by atoms with E-state index in [1.54, 1.807) is 29.8 Å². The van der Waals surface area contributed by atoms with Crippen molar-refractivity contribution >= 4 is 22.8 Å². The lowest BCUT2D eigenvalue weighted by Crippen LogP contribution is -2.35.